The van der Waals surface area contributed by atoms with Crippen molar-refractivity contribution < 1.29 is 18.7 Å². The predicted molar refractivity (Wildman–Crippen MR) is 86.5 cm³/mol. The molecule has 2 amide bonds. The number of aromatic nitrogens is 1. The second-order valence-corrected chi connectivity index (χ2v) is 6.43. The zero-order valence-corrected chi connectivity index (χ0v) is 14.2. The molecule has 3 heterocycles. The van der Waals surface area contributed by atoms with Crippen LogP contribution in [0.2, 0.25) is 0 Å². The molecule has 0 aliphatic carbocycles. The molecule has 0 radical (unpaired) electrons. The Kier molecular flexibility index (Phi) is 5.50. The summed E-state index contributed by atoms with van der Waals surface area (Å²) in [6.45, 7) is 5.26. The van der Waals surface area contributed by atoms with E-state index in [1.54, 1.807) is 6.92 Å². The van der Waals surface area contributed by atoms with Gasteiger partial charge >= 0.3 is 0 Å². The number of ether oxygens (including phenoxy) is 1. The minimum atomic E-state index is -0.0912. The van der Waals surface area contributed by atoms with Gasteiger partial charge in [0, 0.05) is 52.2 Å². The number of amides is 2. The Hall–Kier alpha value is -1.89. The molecule has 2 saturated heterocycles. The number of rotatable bonds is 6. The highest BCUT2D eigenvalue weighted by Gasteiger charge is 2.28. The third kappa shape index (κ3) is 3.95. The first-order chi connectivity index (χ1) is 11.6. The van der Waals surface area contributed by atoms with Crippen molar-refractivity contribution in [1.82, 2.24) is 14.8 Å². The summed E-state index contributed by atoms with van der Waals surface area (Å²) in [5, 5.41) is 0. The minimum Gasteiger partial charge on any atom is -0.448 e. The molecule has 0 aromatic carbocycles. The second-order valence-electron chi connectivity index (χ2n) is 6.43. The van der Waals surface area contributed by atoms with Crippen molar-refractivity contribution >= 4 is 11.8 Å². The molecule has 0 N–H and O–H groups in total. The maximum atomic E-state index is 12.8. The molecule has 0 unspecified atom stereocenters. The minimum absolute atomic E-state index is 0.0912. The Morgan fingerprint density at radius 1 is 1.42 bits per heavy atom. The lowest BCUT2D eigenvalue weighted by Gasteiger charge is -2.34. The Bertz CT molecular complexity index is 580. The van der Waals surface area contributed by atoms with Crippen molar-refractivity contribution in [3.05, 3.63) is 17.8 Å². The van der Waals surface area contributed by atoms with Gasteiger partial charge in [0.05, 0.1) is 0 Å². The summed E-state index contributed by atoms with van der Waals surface area (Å²) < 4.78 is 10.6. The Morgan fingerprint density at radius 3 is 2.83 bits per heavy atom. The van der Waals surface area contributed by atoms with Gasteiger partial charge < -0.3 is 19.0 Å². The van der Waals surface area contributed by atoms with Gasteiger partial charge in [-0.2, -0.15) is 0 Å². The lowest BCUT2D eigenvalue weighted by Crippen LogP contribution is -2.45. The first kappa shape index (κ1) is 17.0. The maximum Gasteiger partial charge on any atom is 0.276 e. The van der Waals surface area contributed by atoms with Crippen molar-refractivity contribution in [2.24, 2.45) is 0 Å². The first-order valence-corrected chi connectivity index (χ1v) is 8.74. The highest BCUT2D eigenvalue weighted by atomic mass is 16.5. The number of carbonyl (C=O) groups is 2. The van der Waals surface area contributed by atoms with Crippen LogP contribution in [-0.2, 0) is 9.53 Å². The van der Waals surface area contributed by atoms with E-state index in [1.807, 2.05) is 9.80 Å². The third-order valence-electron chi connectivity index (χ3n) is 4.73. The number of hydrogen-bond acceptors (Lipinski definition) is 5. The zero-order valence-electron chi connectivity index (χ0n) is 14.2. The van der Waals surface area contributed by atoms with Gasteiger partial charge in [-0.15, -0.1) is 0 Å². The fourth-order valence-electron chi connectivity index (χ4n) is 3.43. The summed E-state index contributed by atoms with van der Waals surface area (Å²) in [7, 11) is 0. The Morgan fingerprint density at radius 2 is 2.21 bits per heavy atom. The van der Waals surface area contributed by atoms with E-state index in [4.69, 9.17) is 9.15 Å². The molecule has 132 valence electrons. The zero-order chi connectivity index (χ0) is 16.9. The van der Waals surface area contributed by atoms with Crippen LogP contribution in [0, 0.1) is 6.92 Å². The van der Waals surface area contributed by atoms with Crippen molar-refractivity contribution in [3.63, 3.8) is 0 Å². The van der Waals surface area contributed by atoms with Crippen LogP contribution >= 0.6 is 0 Å². The van der Waals surface area contributed by atoms with Gasteiger partial charge in [0.1, 0.15) is 6.26 Å². The first-order valence-electron chi connectivity index (χ1n) is 8.74. The van der Waals surface area contributed by atoms with Crippen molar-refractivity contribution in [1.29, 1.82) is 0 Å². The molecule has 0 saturated carbocycles. The molecule has 0 bridgehead atoms. The lowest BCUT2D eigenvalue weighted by molar-refractivity contribution is -0.127. The molecular weight excluding hydrogens is 310 g/mol. The van der Waals surface area contributed by atoms with Crippen molar-refractivity contribution in [2.45, 2.75) is 45.1 Å². The molecule has 7 nitrogen and oxygen atoms in total. The fourth-order valence-corrected chi connectivity index (χ4v) is 3.43. The van der Waals surface area contributed by atoms with E-state index in [1.165, 1.54) is 6.26 Å². The molecule has 7 heteroatoms. The highest BCUT2D eigenvalue weighted by Crippen LogP contribution is 2.19. The standard InChI is InChI=1S/C17H25N3O4/c1-13-18-15(12-24-13)17(22)20(14-5-10-23-11-6-14)9-3-8-19-7-2-4-16(19)21/h12,14H,2-11H2,1H3. The van der Waals surface area contributed by atoms with Gasteiger partial charge in [-0.25, -0.2) is 4.98 Å². The van der Waals surface area contributed by atoms with Gasteiger partial charge in [0.15, 0.2) is 11.6 Å². The summed E-state index contributed by atoms with van der Waals surface area (Å²) >= 11 is 0. The van der Waals surface area contributed by atoms with Gasteiger partial charge in [0.25, 0.3) is 5.91 Å². The highest BCUT2D eigenvalue weighted by molar-refractivity contribution is 5.92. The molecule has 0 spiro atoms. The molecule has 3 rings (SSSR count). The third-order valence-corrected chi connectivity index (χ3v) is 4.73. The molecule has 2 aliphatic heterocycles. The van der Waals surface area contributed by atoms with E-state index in [9.17, 15) is 9.59 Å². The summed E-state index contributed by atoms with van der Waals surface area (Å²) in [6, 6.07) is 0.164. The molecule has 2 fully saturated rings. The van der Waals surface area contributed by atoms with Crippen LogP contribution in [0.25, 0.3) is 0 Å². The van der Waals surface area contributed by atoms with E-state index >= 15 is 0 Å². The van der Waals surface area contributed by atoms with Crippen LogP contribution in [0.3, 0.4) is 0 Å². The summed E-state index contributed by atoms with van der Waals surface area (Å²) in [5.74, 6) is 0.630. The number of carbonyl (C=O) groups excluding carboxylic acids is 2. The topological polar surface area (TPSA) is 75.9 Å². The van der Waals surface area contributed by atoms with E-state index in [-0.39, 0.29) is 17.9 Å². The largest absolute Gasteiger partial charge is 0.448 e. The predicted octanol–water partition coefficient (Wildman–Crippen LogP) is 1.62. The summed E-state index contributed by atoms with van der Waals surface area (Å²) in [6.07, 6.45) is 5.48. The van der Waals surface area contributed by atoms with Gasteiger partial charge in [-0.05, 0) is 25.7 Å². The van der Waals surface area contributed by atoms with Crippen molar-refractivity contribution in [3.8, 4) is 0 Å². The quantitative estimate of drug-likeness (QED) is 0.789. The molecule has 1 aromatic heterocycles. The van der Waals surface area contributed by atoms with E-state index < -0.39 is 0 Å². The summed E-state index contributed by atoms with van der Waals surface area (Å²) in [5.41, 5.74) is 0.358. The van der Waals surface area contributed by atoms with Crippen LogP contribution in [0.4, 0.5) is 0 Å². The average molecular weight is 335 g/mol. The van der Waals surface area contributed by atoms with Crippen LogP contribution in [-0.4, -0.2) is 65.5 Å². The van der Waals surface area contributed by atoms with Gasteiger partial charge in [0.2, 0.25) is 5.91 Å². The lowest BCUT2D eigenvalue weighted by atomic mass is 10.1. The maximum absolute atomic E-state index is 12.8. The number of likely N-dealkylation sites (tertiary alicyclic amines) is 1. The molecule has 24 heavy (non-hydrogen) atoms. The Labute approximate surface area is 141 Å². The molecule has 1 aromatic rings. The number of hydrogen-bond donors (Lipinski definition) is 0. The number of aryl methyl sites for hydroxylation is 1. The average Bonchev–Trinajstić information content (AvgIpc) is 3.20. The summed E-state index contributed by atoms with van der Waals surface area (Å²) in [4.78, 5) is 32.5. The SMILES string of the molecule is Cc1nc(C(=O)N(CCCN2CCCC2=O)C2CCOCC2)co1. The number of nitrogens with zero attached hydrogens (tertiary/aromatic N) is 3. The normalized spacial score (nSPS) is 19.0. The van der Waals surface area contributed by atoms with E-state index in [2.05, 4.69) is 4.98 Å². The molecular formula is C17H25N3O4. The molecule has 2 aliphatic rings. The van der Waals surface area contributed by atoms with Crippen LogP contribution < -0.4 is 0 Å². The monoisotopic (exact) mass is 335 g/mol. The van der Waals surface area contributed by atoms with Gasteiger partial charge in [-0.3, -0.25) is 9.59 Å². The van der Waals surface area contributed by atoms with Crippen molar-refractivity contribution in [2.75, 3.05) is 32.8 Å². The van der Waals surface area contributed by atoms with E-state index in [0.717, 1.165) is 32.2 Å². The van der Waals surface area contributed by atoms with Gasteiger partial charge in [-0.1, -0.05) is 0 Å². The molecule has 0 atom stereocenters. The van der Waals surface area contributed by atoms with Crippen LogP contribution in [0.15, 0.2) is 10.7 Å². The fraction of sp³-hybridized carbons (Fsp3) is 0.706. The second kappa shape index (κ2) is 7.79. The smallest absolute Gasteiger partial charge is 0.276 e. The van der Waals surface area contributed by atoms with E-state index in [0.29, 0.717) is 44.3 Å². The van der Waals surface area contributed by atoms with Crippen LogP contribution in [0.1, 0.15) is 48.5 Å². The Balaban J connectivity index is 1.62. The number of oxazole rings is 1. The van der Waals surface area contributed by atoms with Crippen LogP contribution in [0.5, 0.6) is 0 Å².